The lowest BCUT2D eigenvalue weighted by Crippen LogP contribution is -2.39. The van der Waals surface area contributed by atoms with Gasteiger partial charge in [0.05, 0.1) is 0 Å². The molecule has 0 saturated carbocycles. The van der Waals surface area contributed by atoms with Gasteiger partial charge in [-0.05, 0) is 0 Å². The Kier molecular flexibility index (Phi) is 4.25. The van der Waals surface area contributed by atoms with Crippen LogP contribution in [0.3, 0.4) is 0 Å². The largest absolute Gasteiger partial charge is 0.471 e. The van der Waals surface area contributed by atoms with Crippen LogP contribution in [-0.4, -0.2) is 37.1 Å². The normalized spacial score (nSPS) is 10.7. The van der Waals surface area contributed by atoms with Crippen LogP contribution < -0.4 is 0 Å². The molecule has 0 radical (unpaired) electrons. The number of hydrogen-bond donors (Lipinski definition) is 0. The van der Waals surface area contributed by atoms with Gasteiger partial charge in [0.25, 0.3) is 0 Å². The summed E-state index contributed by atoms with van der Waals surface area (Å²) in [6, 6.07) is 0. The second-order valence-electron chi connectivity index (χ2n) is 2.46. The average molecular weight is 194 g/mol. The molecule has 0 aliphatic heterocycles. The summed E-state index contributed by atoms with van der Waals surface area (Å²) >= 11 is 0. The fourth-order valence-corrected chi connectivity index (χ4v) is 0.705. The van der Waals surface area contributed by atoms with Crippen LogP contribution in [0.1, 0.15) is 6.42 Å². The fourth-order valence-electron chi connectivity index (χ4n) is 0.705. The average Bonchev–Trinajstić information content (AvgIpc) is 2.01. The highest BCUT2D eigenvalue weighted by Crippen LogP contribution is 2.17. The first-order chi connectivity index (χ1) is 5.89. The van der Waals surface area contributed by atoms with Crippen LogP contribution in [0.4, 0.5) is 13.2 Å². The van der Waals surface area contributed by atoms with E-state index in [4.69, 9.17) is 6.57 Å². The van der Waals surface area contributed by atoms with E-state index in [-0.39, 0.29) is 19.5 Å². The second-order valence-corrected chi connectivity index (χ2v) is 2.46. The maximum atomic E-state index is 11.8. The minimum Gasteiger partial charge on any atom is -0.338 e. The molecule has 3 nitrogen and oxygen atoms in total. The predicted octanol–water partition coefficient (Wildman–Crippen LogP) is 1.32. The van der Waals surface area contributed by atoms with E-state index in [1.54, 1.807) is 0 Å². The Morgan fingerprint density at radius 3 is 2.46 bits per heavy atom. The van der Waals surface area contributed by atoms with Crippen molar-refractivity contribution in [3.05, 3.63) is 11.4 Å². The Labute approximate surface area is 73.9 Å². The van der Waals surface area contributed by atoms with Crippen molar-refractivity contribution >= 4 is 5.91 Å². The molecule has 0 unspecified atom stereocenters. The molecule has 0 heterocycles. The molecule has 74 valence electrons. The summed E-state index contributed by atoms with van der Waals surface area (Å²) in [4.78, 5) is 14.0. The molecule has 0 saturated heterocycles. The Morgan fingerprint density at radius 2 is 2.08 bits per heavy atom. The molecule has 0 spiro atoms. The molecule has 0 N–H and O–H groups in total. The summed E-state index contributed by atoms with van der Waals surface area (Å²) in [5.41, 5.74) is 0. The first kappa shape index (κ1) is 11.8. The number of nitrogens with zero attached hydrogens (tertiary/aromatic N) is 2. The molecule has 0 aromatic carbocycles. The van der Waals surface area contributed by atoms with Gasteiger partial charge in [0.1, 0.15) is 0 Å². The number of hydrogen-bond acceptors (Lipinski definition) is 1. The molecule has 1 amide bonds. The second kappa shape index (κ2) is 4.70. The number of alkyl halides is 3. The number of amides is 1. The van der Waals surface area contributed by atoms with Crippen LogP contribution in [0.25, 0.3) is 4.85 Å². The maximum Gasteiger partial charge on any atom is 0.471 e. The first-order valence-electron chi connectivity index (χ1n) is 3.55. The molecule has 0 aliphatic rings. The molecule has 0 atom stereocenters. The number of rotatable bonds is 3. The van der Waals surface area contributed by atoms with Gasteiger partial charge in [-0.2, -0.15) is 13.2 Å². The summed E-state index contributed by atoms with van der Waals surface area (Å²) in [5.74, 6) is -1.86. The van der Waals surface area contributed by atoms with E-state index in [0.29, 0.717) is 4.90 Å². The molecular weight excluding hydrogens is 185 g/mol. The van der Waals surface area contributed by atoms with Gasteiger partial charge in [0.2, 0.25) is 6.54 Å². The predicted molar refractivity (Wildman–Crippen MR) is 39.8 cm³/mol. The van der Waals surface area contributed by atoms with Gasteiger partial charge in [0.15, 0.2) is 0 Å². The third-order valence-electron chi connectivity index (χ3n) is 1.35. The monoisotopic (exact) mass is 194 g/mol. The first-order valence-corrected chi connectivity index (χ1v) is 3.55. The van der Waals surface area contributed by atoms with Crippen molar-refractivity contribution in [2.45, 2.75) is 12.6 Å². The summed E-state index contributed by atoms with van der Waals surface area (Å²) in [6.07, 6.45) is -4.55. The van der Waals surface area contributed by atoms with Crippen LogP contribution >= 0.6 is 0 Å². The Bertz CT molecular complexity index is 219. The lowest BCUT2D eigenvalue weighted by molar-refractivity contribution is -0.184. The van der Waals surface area contributed by atoms with Gasteiger partial charge < -0.3 is 9.74 Å². The van der Waals surface area contributed by atoms with Crippen molar-refractivity contribution in [1.82, 2.24) is 4.90 Å². The lowest BCUT2D eigenvalue weighted by Gasteiger charge is -2.17. The molecule has 0 aliphatic carbocycles. The zero-order valence-corrected chi connectivity index (χ0v) is 7.06. The van der Waals surface area contributed by atoms with Crippen LogP contribution in [0.15, 0.2) is 0 Å². The fraction of sp³-hybridized carbons (Fsp3) is 0.714. The molecule has 6 heteroatoms. The van der Waals surface area contributed by atoms with Gasteiger partial charge >= 0.3 is 12.1 Å². The minimum absolute atomic E-state index is 0.0409. The molecule has 0 aromatic rings. The van der Waals surface area contributed by atoms with Crippen LogP contribution in [0, 0.1) is 6.57 Å². The number of carbonyl (C=O) groups is 1. The Morgan fingerprint density at radius 1 is 1.54 bits per heavy atom. The summed E-state index contributed by atoms with van der Waals surface area (Å²) in [7, 11) is 1.07. The van der Waals surface area contributed by atoms with E-state index < -0.39 is 12.1 Å². The Hall–Kier alpha value is -1.25. The quantitative estimate of drug-likeness (QED) is 0.491. The van der Waals surface area contributed by atoms with Crippen molar-refractivity contribution in [1.29, 1.82) is 0 Å². The molecule has 0 rings (SSSR count). The molecule has 13 heavy (non-hydrogen) atoms. The minimum atomic E-state index is -4.81. The van der Waals surface area contributed by atoms with Crippen LogP contribution in [0.5, 0.6) is 0 Å². The Balaban J connectivity index is 3.92. The van der Waals surface area contributed by atoms with E-state index >= 15 is 0 Å². The van der Waals surface area contributed by atoms with E-state index in [1.165, 1.54) is 0 Å². The summed E-state index contributed by atoms with van der Waals surface area (Å²) < 4.78 is 35.3. The number of halogens is 3. The molecular formula is C7H9F3N2O. The highest BCUT2D eigenvalue weighted by atomic mass is 19.4. The SMILES string of the molecule is [C-]#[N+]CCCN(C)C(=O)C(F)(F)F. The zero-order chi connectivity index (χ0) is 10.5. The highest BCUT2D eigenvalue weighted by Gasteiger charge is 2.40. The summed E-state index contributed by atoms with van der Waals surface area (Å²) in [6.45, 7) is 6.47. The van der Waals surface area contributed by atoms with Crippen LogP contribution in [-0.2, 0) is 4.79 Å². The van der Waals surface area contributed by atoms with Gasteiger partial charge in [-0.15, -0.1) is 0 Å². The summed E-state index contributed by atoms with van der Waals surface area (Å²) in [5, 5.41) is 0. The molecule has 0 aromatic heterocycles. The standard InChI is InChI=1S/C7H9F3N2O/c1-11-4-3-5-12(2)6(13)7(8,9)10/h3-5H2,2H3. The molecule has 0 fully saturated rings. The third-order valence-corrected chi connectivity index (χ3v) is 1.35. The lowest BCUT2D eigenvalue weighted by atomic mass is 10.4. The van der Waals surface area contributed by atoms with E-state index in [1.807, 2.05) is 0 Å². The number of carbonyl (C=O) groups excluding carboxylic acids is 1. The van der Waals surface area contributed by atoms with Crippen molar-refractivity contribution in [3.8, 4) is 0 Å². The van der Waals surface area contributed by atoms with Gasteiger partial charge in [-0.25, -0.2) is 6.57 Å². The smallest absolute Gasteiger partial charge is 0.338 e. The molecule has 0 bridgehead atoms. The zero-order valence-electron chi connectivity index (χ0n) is 7.06. The van der Waals surface area contributed by atoms with Crippen molar-refractivity contribution in [2.75, 3.05) is 20.1 Å². The van der Waals surface area contributed by atoms with E-state index in [0.717, 1.165) is 7.05 Å². The highest BCUT2D eigenvalue weighted by molar-refractivity contribution is 5.81. The van der Waals surface area contributed by atoms with Crippen molar-refractivity contribution < 1.29 is 18.0 Å². The maximum absolute atomic E-state index is 11.8. The third kappa shape index (κ3) is 4.35. The van der Waals surface area contributed by atoms with Crippen molar-refractivity contribution in [3.63, 3.8) is 0 Å². The van der Waals surface area contributed by atoms with Gasteiger partial charge in [-0.3, -0.25) is 4.79 Å². The van der Waals surface area contributed by atoms with E-state index in [2.05, 4.69) is 4.85 Å². The topological polar surface area (TPSA) is 24.7 Å². The van der Waals surface area contributed by atoms with Gasteiger partial charge in [0, 0.05) is 20.0 Å². The van der Waals surface area contributed by atoms with Gasteiger partial charge in [-0.1, -0.05) is 0 Å². The van der Waals surface area contributed by atoms with E-state index in [9.17, 15) is 18.0 Å². The van der Waals surface area contributed by atoms with Crippen LogP contribution in [0.2, 0.25) is 0 Å². The van der Waals surface area contributed by atoms with Crippen molar-refractivity contribution in [2.24, 2.45) is 0 Å².